The summed E-state index contributed by atoms with van der Waals surface area (Å²) in [7, 11) is 0. The smallest absolute Gasteiger partial charge is 0.0879 e. The Morgan fingerprint density at radius 1 is 0.759 bits per heavy atom. The third-order valence-electron chi connectivity index (χ3n) is 7.15. The largest absolute Gasteiger partial charge is 0.129 e. The molecular formula is C27H20S2. The lowest BCUT2D eigenvalue weighted by molar-refractivity contribution is 0.446. The number of rotatable bonds is 0. The lowest BCUT2D eigenvalue weighted by Crippen LogP contribution is -2.29. The predicted molar refractivity (Wildman–Crippen MR) is 124 cm³/mol. The molecular weight excluding hydrogens is 388 g/mol. The van der Waals surface area contributed by atoms with Crippen LogP contribution in [0.3, 0.4) is 0 Å². The SMILES string of the molecule is CC1Cc2ccc3ccccc3c2C12SC21c2ccccc2Sc2ccccc21. The van der Waals surface area contributed by atoms with Gasteiger partial charge in [0.25, 0.3) is 0 Å². The van der Waals surface area contributed by atoms with E-state index in [0.717, 1.165) is 0 Å². The van der Waals surface area contributed by atoms with E-state index in [9.17, 15) is 0 Å². The van der Waals surface area contributed by atoms with Crippen molar-refractivity contribution >= 4 is 34.3 Å². The molecule has 3 aliphatic rings. The van der Waals surface area contributed by atoms with E-state index in [-0.39, 0.29) is 9.49 Å². The van der Waals surface area contributed by atoms with Crippen LogP contribution in [0.25, 0.3) is 10.8 Å². The van der Waals surface area contributed by atoms with E-state index >= 15 is 0 Å². The molecule has 4 aromatic carbocycles. The van der Waals surface area contributed by atoms with Crippen LogP contribution in [0.15, 0.2) is 94.7 Å². The zero-order valence-corrected chi connectivity index (χ0v) is 17.8. The molecule has 0 radical (unpaired) electrons. The summed E-state index contributed by atoms with van der Waals surface area (Å²) in [5.41, 5.74) is 6.18. The first-order chi connectivity index (χ1) is 14.3. The maximum atomic E-state index is 2.48. The maximum absolute atomic E-state index is 2.48. The van der Waals surface area contributed by atoms with Crippen LogP contribution in [0.2, 0.25) is 0 Å². The summed E-state index contributed by atoms with van der Waals surface area (Å²) in [5.74, 6) is 0.609. The number of hydrogen-bond acceptors (Lipinski definition) is 2. The minimum atomic E-state index is 0.0280. The highest BCUT2D eigenvalue weighted by Gasteiger charge is 2.77. The summed E-state index contributed by atoms with van der Waals surface area (Å²) in [6.07, 6.45) is 1.17. The monoisotopic (exact) mass is 408 g/mol. The van der Waals surface area contributed by atoms with E-state index < -0.39 is 0 Å². The summed E-state index contributed by atoms with van der Waals surface area (Å²) >= 11 is 4.15. The molecule has 29 heavy (non-hydrogen) atoms. The van der Waals surface area contributed by atoms with Gasteiger partial charge >= 0.3 is 0 Å². The van der Waals surface area contributed by atoms with E-state index in [1.165, 1.54) is 38.1 Å². The van der Waals surface area contributed by atoms with Crippen molar-refractivity contribution in [2.24, 2.45) is 5.92 Å². The van der Waals surface area contributed by atoms with Gasteiger partial charge in [0.05, 0.1) is 9.49 Å². The molecule has 0 aromatic heterocycles. The van der Waals surface area contributed by atoms with Crippen molar-refractivity contribution in [1.82, 2.24) is 0 Å². The van der Waals surface area contributed by atoms with Crippen molar-refractivity contribution in [3.63, 3.8) is 0 Å². The molecule has 0 nitrogen and oxygen atoms in total. The Morgan fingerprint density at radius 3 is 2.17 bits per heavy atom. The van der Waals surface area contributed by atoms with Crippen LogP contribution in [0.5, 0.6) is 0 Å². The molecule has 2 spiro atoms. The van der Waals surface area contributed by atoms with Gasteiger partial charge in [0.2, 0.25) is 0 Å². The molecule has 140 valence electrons. The van der Waals surface area contributed by atoms with Gasteiger partial charge in [0, 0.05) is 9.79 Å². The van der Waals surface area contributed by atoms with Gasteiger partial charge in [-0.1, -0.05) is 91.5 Å². The number of thioether (sulfide) groups is 1. The first-order valence-electron chi connectivity index (χ1n) is 10.3. The van der Waals surface area contributed by atoms with E-state index in [0.29, 0.717) is 5.92 Å². The van der Waals surface area contributed by atoms with E-state index in [2.05, 4.69) is 104 Å². The Hall–Kier alpha value is -2.16. The van der Waals surface area contributed by atoms with Crippen LogP contribution in [-0.4, -0.2) is 0 Å². The fraction of sp³-hybridized carbons (Fsp3) is 0.185. The van der Waals surface area contributed by atoms with Crippen molar-refractivity contribution < 1.29 is 0 Å². The highest BCUT2D eigenvalue weighted by molar-refractivity contribution is 8.09. The van der Waals surface area contributed by atoms with E-state index in [4.69, 9.17) is 0 Å². The second-order valence-corrected chi connectivity index (χ2v) is 11.1. The Kier molecular flexibility index (Phi) is 3.15. The van der Waals surface area contributed by atoms with Gasteiger partial charge in [0.1, 0.15) is 0 Å². The minimum Gasteiger partial charge on any atom is -0.129 e. The zero-order chi connectivity index (χ0) is 19.2. The van der Waals surface area contributed by atoms with Crippen molar-refractivity contribution in [1.29, 1.82) is 0 Å². The molecule has 0 N–H and O–H groups in total. The van der Waals surface area contributed by atoms with Crippen LogP contribution >= 0.6 is 23.5 Å². The van der Waals surface area contributed by atoms with Crippen LogP contribution in [0.1, 0.15) is 29.2 Å². The first kappa shape index (κ1) is 16.6. The highest BCUT2D eigenvalue weighted by atomic mass is 32.2. The van der Waals surface area contributed by atoms with Crippen LogP contribution in [0.4, 0.5) is 0 Å². The molecule has 0 bridgehead atoms. The second-order valence-electron chi connectivity index (χ2n) is 8.54. The van der Waals surface area contributed by atoms with Gasteiger partial charge in [-0.05, 0) is 57.5 Å². The van der Waals surface area contributed by atoms with Gasteiger partial charge in [-0.15, -0.1) is 11.8 Å². The molecule has 2 atom stereocenters. The number of benzene rings is 4. The molecule has 0 amide bonds. The average Bonchev–Trinajstić information content (AvgIpc) is 3.35. The minimum absolute atomic E-state index is 0.0280. The number of hydrogen-bond donors (Lipinski definition) is 0. The molecule has 1 aliphatic carbocycles. The first-order valence-corrected chi connectivity index (χ1v) is 12.0. The lowest BCUT2D eigenvalue weighted by atomic mass is 9.73. The van der Waals surface area contributed by atoms with Crippen LogP contribution in [-0.2, 0) is 15.9 Å². The van der Waals surface area contributed by atoms with Crippen molar-refractivity contribution in [2.75, 3.05) is 0 Å². The van der Waals surface area contributed by atoms with Crippen LogP contribution < -0.4 is 0 Å². The highest BCUT2D eigenvalue weighted by Crippen LogP contribution is 2.86. The van der Waals surface area contributed by atoms with Gasteiger partial charge in [-0.25, -0.2) is 0 Å². The molecule has 0 saturated carbocycles. The Labute approximate surface area is 179 Å². The van der Waals surface area contributed by atoms with Crippen molar-refractivity contribution in [2.45, 2.75) is 32.6 Å². The Balaban J connectivity index is 1.59. The van der Waals surface area contributed by atoms with E-state index in [1.54, 1.807) is 11.1 Å². The fourth-order valence-electron chi connectivity index (χ4n) is 6.00. The van der Waals surface area contributed by atoms with Gasteiger partial charge in [-0.3, -0.25) is 0 Å². The number of fused-ring (bicyclic) bond motifs is 9. The molecule has 4 aromatic rings. The topological polar surface area (TPSA) is 0 Å². The van der Waals surface area contributed by atoms with Crippen molar-refractivity contribution in [3.8, 4) is 0 Å². The standard InChI is InChI=1S/C27H20S2/c1-17-16-19-15-14-18-8-2-3-9-20(18)25(19)26(17)27(29-26)21-10-4-6-12-23(21)28-24-13-7-5-11-22(24)27/h2-15,17H,16H2,1H3. The molecule has 2 heteroatoms. The molecule has 2 heterocycles. The lowest BCUT2D eigenvalue weighted by Gasteiger charge is -2.32. The summed E-state index contributed by atoms with van der Waals surface area (Å²) < 4.78 is 0.149. The van der Waals surface area contributed by atoms with Crippen molar-refractivity contribution in [3.05, 3.63) is 107 Å². The van der Waals surface area contributed by atoms with E-state index in [1.807, 2.05) is 11.8 Å². The Bertz CT molecular complexity index is 1280. The fourth-order valence-corrected chi connectivity index (χ4v) is 9.48. The molecule has 1 fully saturated rings. The summed E-state index contributed by atoms with van der Waals surface area (Å²) in [5, 5.41) is 2.82. The van der Waals surface area contributed by atoms with Gasteiger partial charge < -0.3 is 0 Å². The van der Waals surface area contributed by atoms with Gasteiger partial charge in [0.15, 0.2) is 0 Å². The third-order valence-corrected chi connectivity index (χ3v) is 10.4. The average molecular weight is 409 g/mol. The predicted octanol–water partition coefficient (Wildman–Crippen LogP) is 7.38. The molecule has 2 aliphatic heterocycles. The molecule has 7 rings (SSSR count). The molecule has 1 saturated heterocycles. The third kappa shape index (κ3) is 1.86. The summed E-state index contributed by atoms with van der Waals surface area (Å²) in [6.45, 7) is 2.48. The second kappa shape index (κ2) is 5.50. The quantitative estimate of drug-likeness (QED) is 0.278. The Morgan fingerprint density at radius 2 is 1.41 bits per heavy atom. The maximum Gasteiger partial charge on any atom is 0.0879 e. The normalized spacial score (nSPS) is 25.1. The zero-order valence-electron chi connectivity index (χ0n) is 16.2. The summed E-state index contributed by atoms with van der Waals surface area (Å²) in [6, 6.07) is 31.9. The summed E-state index contributed by atoms with van der Waals surface area (Å²) in [4.78, 5) is 2.85. The molecule has 2 unspecified atom stereocenters. The van der Waals surface area contributed by atoms with Crippen LogP contribution in [0, 0.1) is 5.92 Å². The van der Waals surface area contributed by atoms with Gasteiger partial charge in [-0.2, -0.15) is 0 Å².